The van der Waals surface area contributed by atoms with Crippen molar-refractivity contribution in [3.63, 3.8) is 0 Å². The van der Waals surface area contributed by atoms with Gasteiger partial charge in [0.2, 0.25) is 10.0 Å². The summed E-state index contributed by atoms with van der Waals surface area (Å²) < 4.78 is 48.7. The first-order chi connectivity index (χ1) is 7.72. The maximum absolute atomic E-state index is 11.5. The number of benzene rings is 1. The van der Waals surface area contributed by atoms with Crippen LogP contribution in [-0.4, -0.2) is 34.1 Å². The number of fused-ring (bicyclic) bond motifs is 1. The van der Waals surface area contributed by atoms with Gasteiger partial charge >= 0.3 is 29.6 Å². The molecule has 2 rings (SSSR count). The van der Waals surface area contributed by atoms with Gasteiger partial charge in [-0.25, -0.2) is 13.6 Å². The molecule has 9 nitrogen and oxygen atoms in total. The first-order valence-electron chi connectivity index (χ1n) is 4.13. The van der Waals surface area contributed by atoms with E-state index >= 15 is 0 Å². The molecule has 1 aliphatic rings. The van der Waals surface area contributed by atoms with Gasteiger partial charge in [0.15, 0.2) is 0 Å². The summed E-state index contributed by atoms with van der Waals surface area (Å²) in [6, 6.07) is 2.05. The van der Waals surface area contributed by atoms with Gasteiger partial charge in [0.05, 0.1) is 10.7 Å². The molecule has 0 spiro atoms. The number of nitrogens with one attached hydrogen (secondary N) is 1. The number of hydrogen-bond donors (Lipinski definition) is 2. The number of nitrogens with two attached hydrogens (primary N) is 1. The standard InChI is InChI=1S/C7H6ClN3O4S2.Na.2H2O.H/c8-4-1-5-7(2-6(4)16(9,12)13)17(14,15)11-3-10-5;;;;/h1-3H,(H,10,11)(H2,9,12,13);;2*1H2;/q;+1;;;-1. The van der Waals surface area contributed by atoms with Crippen molar-refractivity contribution >= 4 is 43.7 Å². The Hall–Kier alpha value is -0.240. The maximum atomic E-state index is 11.5. The summed E-state index contributed by atoms with van der Waals surface area (Å²) in [7, 11) is -8.01. The zero-order valence-corrected chi connectivity index (χ0v) is 14.5. The van der Waals surface area contributed by atoms with E-state index in [1.807, 2.05) is 0 Å². The Kier molecular flexibility index (Phi) is 7.89. The SMILES string of the molecule is NS(=O)(=O)c1cc2c(cc1Cl)NC=NS2(=O)=O.O.O.[H-].[Na+]. The van der Waals surface area contributed by atoms with E-state index in [2.05, 4.69) is 9.71 Å². The van der Waals surface area contributed by atoms with E-state index in [0.29, 0.717) is 0 Å². The van der Waals surface area contributed by atoms with Gasteiger partial charge in [-0.3, -0.25) is 0 Å². The Bertz CT molecular complexity index is 739. The summed E-state index contributed by atoms with van der Waals surface area (Å²) in [6.07, 6.45) is 0.977. The van der Waals surface area contributed by atoms with Crippen LogP contribution in [-0.2, 0) is 20.0 Å². The predicted octanol–water partition coefficient (Wildman–Crippen LogP) is -4.40. The molecule has 20 heavy (non-hydrogen) atoms. The molecule has 0 saturated carbocycles. The van der Waals surface area contributed by atoms with Gasteiger partial charge in [-0.1, -0.05) is 11.6 Å². The van der Waals surface area contributed by atoms with E-state index < -0.39 is 24.9 Å². The molecule has 0 fully saturated rings. The van der Waals surface area contributed by atoms with Crippen LogP contribution in [0.4, 0.5) is 5.69 Å². The molecule has 0 aliphatic carbocycles. The summed E-state index contributed by atoms with van der Waals surface area (Å²) in [5, 5.41) is 7.30. The molecule has 0 aromatic heterocycles. The average Bonchev–Trinajstić information content (AvgIpc) is 2.13. The second-order valence-electron chi connectivity index (χ2n) is 3.18. The fraction of sp³-hybridized carbons (Fsp3) is 0. The Morgan fingerprint density at radius 3 is 2.35 bits per heavy atom. The number of halogens is 1. The summed E-state index contributed by atoms with van der Waals surface area (Å²) >= 11 is 5.70. The number of sulfonamides is 2. The largest absolute Gasteiger partial charge is 1.00 e. The molecule has 1 aromatic carbocycles. The number of anilines is 1. The van der Waals surface area contributed by atoms with Crippen molar-refractivity contribution in [1.82, 2.24) is 0 Å². The zero-order chi connectivity index (χ0) is 12.8. The van der Waals surface area contributed by atoms with Gasteiger partial charge in [-0.05, 0) is 12.1 Å². The molecule has 0 saturated heterocycles. The van der Waals surface area contributed by atoms with Gasteiger partial charge in [-0.15, -0.1) is 4.40 Å². The maximum Gasteiger partial charge on any atom is 1.00 e. The Balaban J connectivity index is -0.000000810. The fourth-order valence-corrected chi connectivity index (χ4v) is 3.44. The minimum atomic E-state index is -4.09. The van der Waals surface area contributed by atoms with E-state index in [1.165, 1.54) is 6.07 Å². The van der Waals surface area contributed by atoms with Gasteiger partial charge < -0.3 is 17.7 Å². The summed E-state index contributed by atoms with van der Waals surface area (Å²) in [4.78, 5) is -0.742. The van der Waals surface area contributed by atoms with Crippen molar-refractivity contribution < 1.29 is 58.8 Å². The Morgan fingerprint density at radius 2 is 1.85 bits per heavy atom. The molecule has 0 bridgehead atoms. The van der Waals surface area contributed by atoms with E-state index in [9.17, 15) is 16.8 Å². The molecule has 0 amide bonds. The van der Waals surface area contributed by atoms with Crippen LogP contribution in [0.5, 0.6) is 0 Å². The van der Waals surface area contributed by atoms with Crippen LogP contribution in [0.1, 0.15) is 1.43 Å². The average molecular weight is 356 g/mol. The van der Waals surface area contributed by atoms with E-state index in [1.54, 1.807) is 0 Å². The van der Waals surface area contributed by atoms with Crippen LogP contribution in [0.15, 0.2) is 26.3 Å². The summed E-state index contributed by atoms with van der Waals surface area (Å²) in [5.74, 6) is 0. The third kappa shape index (κ3) is 4.13. The third-order valence-corrected chi connectivity index (χ3v) is 4.68. The van der Waals surface area contributed by atoms with Crippen molar-refractivity contribution in [3.8, 4) is 0 Å². The first kappa shape index (κ1) is 22.0. The quantitative estimate of drug-likeness (QED) is 0.481. The molecule has 0 radical (unpaired) electrons. The minimum Gasteiger partial charge on any atom is -1.00 e. The molecule has 13 heteroatoms. The normalized spacial score (nSPS) is 14.7. The third-order valence-electron chi connectivity index (χ3n) is 2.03. The monoisotopic (exact) mass is 355 g/mol. The van der Waals surface area contributed by atoms with Crippen LogP contribution >= 0.6 is 11.6 Å². The van der Waals surface area contributed by atoms with Crippen molar-refractivity contribution in [2.24, 2.45) is 9.54 Å². The zero-order valence-electron chi connectivity index (χ0n) is 11.1. The van der Waals surface area contributed by atoms with E-state index in [4.69, 9.17) is 16.7 Å². The van der Waals surface area contributed by atoms with E-state index in [0.717, 1.165) is 12.4 Å². The predicted molar refractivity (Wildman–Crippen MR) is 70.5 cm³/mol. The second-order valence-corrected chi connectivity index (χ2v) is 6.72. The van der Waals surface area contributed by atoms with Crippen molar-refractivity contribution in [2.45, 2.75) is 9.79 Å². The molecule has 1 aliphatic heterocycles. The van der Waals surface area contributed by atoms with Gasteiger partial charge in [-0.2, -0.15) is 8.42 Å². The van der Waals surface area contributed by atoms with Crippen molar-refractivity contribution in [2.75, 3.05) is 5.32 Å². The second kappa shape index (κ2) is 7.15. The Labute approximate surface area is 143 Å². The van der Waals surface area contributed by atoms with Crippen LogP contribution < -0.4 is 40.0 Å². The smallest absolute Gasteiger partial charge is 1.00 e. The summed E-state index contributed by atoms with van der Waals surface area (Å²) in [5.41, 5.74) is 0.150. The molecule has 7 N–H and O–H groups in total. The first-order valence-corrected chi connectivity index (χ1v) is 7.50. The Morgan fingerprint density at radius 1 is 1.30 bits per heavy atom. The molecular formula is C7H11ClN3NaO6S2. The number of hydrogen-bond acceptors (Lipinski definition) is 5. The topological polar surface area (TPSA) is 182 Å². The van der Waals surface area contributed by atoms with Gasteiger partial charge in [0.25, 0.3) is 10.0 Å². The van der Waals surface area contributed by atoms with Crippen LogP contribution in [0.25, 0.3) is 0 Å². The molecule has 0 atom stereocenters. The molecule has 1 aromatic rings. The van der Waals surface area contributed by atoms with E-state index in [-0.39, 0.29) is 57.5 Å². The minimum absolute atomic E-state index is 0. The van der Waals surface area contributed by atoms with Crippen LogP contribution in [0, 0.1) is 0 Å². The van der Waals surface area contributed by atoms with Crippen LogP contribution in [0.3, 0.4) is 0 Å². The van der Waals surface area contributed by atoms with Gasteiger partial charge in [0, 0.05) is 0 Å². The van der Waals surface area contributed by atoms with Crippen molar-refractivity contribution in [3.05, 3.63) is 17.2 Å². The van der Waals surface area contributed by atoms with Crippen molar-refractivity contribution in [1.29, 1.82) is 0 Å². The number of nitrogens with zero attached hydrogens (tertiary/aromatic N) is 1. The molecule has 1 heterocycles. The fourth-order valence-electron chi connectivity index (χ4n) is 1.30. The molecular weight excluding hydrogens is 345 g/mol. The summed E-state index contributed by atoms with van der Waals surface area (Å²) in [6.45, 7) is 0. The van der Waals surface area contributed by atoms with Crippen LogP contribution in [0.2, 0.25) is 5.02 Å². The number of rotatable bonds is 1. The van der Waals surface area contributed by atoms with Gasteiger partial charge in [0.1, 0.15) is 16.1 Å². The molecule has 0 unspecified atom stereocenters. The number of primary sulfonamides is 1. The molecule has 110 valence electrons.